The van der Waals surface area contributed by atoms with Crippen LogP contribution in [-0.4, -0.2) is 33.7 Å². The van der Waals surface area contributed by atoms with Crippen LogP contribution in [-0.2, 0) is 21.2 Å². The van der Waals surface area contributed by atoms with E-state index in [0.717, 1.165) is 23.4 Å². The maximum Gasteiger partial charge on any atom is 0.240 e. The molecule has 1 amide bonds. The smallest absolute Gasteiger partial charge is 0.240 e. The van der Waals surface area contributed by atoms with Gasteiger partial charge in [-0.25, -0.2) is 8.42 Å². The van der Waals surface area contributed by atoms with Crippen molar-refractivity contribution >= 4 is 33.2 Å². The van der Waals surface area contributed by atoms with Crippen LogP contribution >= 0.6 is 11.6 Å². The van der Waals surface area contributed by atoms with Crippen molar-refractivity contribution < 1.29 is 13.2 Å². The summed E-state index contributed by atoms with van der Waals surface area (Å²) < 4.78 is 25.5. The Labute approximate surface area is 179 Å². The van der Waals surface area contributed by atoms with Crippen LogP contribution in [0.25, 0.3) is 0 Å². The van der Waals surface area contributed by atoms with Gasteiger partial charge >= 0.3 is 0 Å². The van der Waals surface area contributed by atoms with E-state index < -0.39 is 10.0 Å². The number of hydrogen-bond donors (Lipinski definition) is 1. The molecule has 0 spiro atoms. The number of carbonyl (C=O) groups excluding carboxylic acids is 1. The van der Waals surface area contributed by atoms with Crippen molar-refractivity contribution in [2.45, 2.75) is 39.5 Å². The Balaban J connectivity index is 1.91. The fourth-order valence-corrected chi connectivity index (χ4v) is 4.10. The first-order valence-electron chi connectivity index (χ1n) is 9.68. The Morgan fingerprint density at radius 1 is 1.14 bits per heavy atom. The predicted octanol–water partition coefficient (Wildman–Crippen LogP) is 4.29. The van der Waals surface area contributed by atoms with E-state index in [1.54, 1.807) is 25.1 Å². The molecule has 0 aliphatic heterocycles. The molecule has 29 heavy (non-hydrogen) atoms. The van der Waals surface area contributed by atoms with Gasteiger partial charge in [-0.1, -0.05) is 55.8 Å². The number of rotatable bonds is 9. The molecule has 0 saturated heterocycles. The molecule has 0 saturated carbocycles. The summed E-state index contributed by atoms with van der Waals surface area (Å²) in [6, 6.07) is 13.5. The second kappa shape index (κ2) is 10.1. The van der Waals surface area contributed by atoms with Crippen LogP contribution in [0.4, 0.5) is 5.69 Å². The number of carbonyl (C=O) groups is 1. The second-order valence-corrected chi connectivity index (χ2v) is 9.82. The van der Waals surface area contributed by atoms with Crippen LogP contribution in [0.1, 0.15) is 42.9 Å². The lowest BCUT2D eigenvalue weighted by Crippen LogP contribution is -2.41. The van der Waals surface area contributed by atoms with Gasteiger partial charge in [-0.05, 0) is 54.5 Å². The molecule has 0 bridgehead atoms. The van der Waals surface area contributed by atoms with Crippen LogP contribution < -0.4 is 9.62 Å². The third-order valence-electron chi connectivity index (χ3n) is 4.81. The lowest BCUT2D eigenvalue weighted by Gasteiger charge is -2.24. The number of aryl methyl sites for hydroxylation is 1. The molecule has 1 N–H and O–H groups in total. The summed E-state index contributed by atoms with van der Waals surface area (Å²) in [6.45, 7) is 6.27. The van der Waals surface area contributed by atoms with E-state index in [-0.39, 0.29) is 12.5 Å². The van der Waals surface area contributed by atoms with E-state index in [1.165, 1.54) is 11.1 Å². The highest BCUT2D eigenvalue weighted by Crippen LogP contribution is 2.28. The molecule has 2 rings (SSSR count). The molecule has 0 aliphatic rings. The summed E-state index contributed by atoms with van der Waals surface area (Å²) in [4.78, 5) is 12.4. The van der Waals surface area contributed by atoms with Crippen molar-refractivity contribution in [3.8, 4) is 0 Å². The molecule has 0 heterocycles. The summed E-state index contributed by atoms with van der Waals surface area (Å²) in [5.41, 5.74) is 3.56. The fourth-order valence-electron chi connectivity index (χ4n) is 3.02. The first-order chi connectivity index (χ1) is 13.6. The molecule has 0 atom stereocenters. The van der Waals surface area contributed by atoms with Crippen molar-refractivity contribution in [1.82, 2.24) is 5.32 Å². The number of benzene rings is 2. The molecular formula is C22H29ClN2O3S. The lowest BCUT2D eigenvalue weighted by molar-refractivity contribution is -0.119. The van der Waals surface area contributed by atoms with E-state index in [9.17, 15) is 13.2 Å². The van der Waals surface area contributed by atoms with E-state index in [2.05, 4.69) is 43.4 Å². The van der Waals surface area contributed by atoms with Crippen molar-refractivity contribution in [3.05, 3.63) is 64.2 Å². The lowest BCUT2D eigenvalue weighted by atomic mass is 10.0. The minimum atomic E-state index is -3.62. The number of sulfonamides is 1. The zero-order valence-corrected chi connectivity index (χ0v) is 19.0. The second-order valence-electron chi connectivity index (χ2n) is 7.50. The van der Waals surface area contributed by atoms with Gasteiger partial charge in [0.05, 0.1) is 11.9 Å². The van der Waals surface area contributed by atoms with Gasteiger partial charge in [0.15, 0.2) is 0 Å². The molecule has 0 aromatic heterocycles. The van der Waals surface area contributed by atoms with Gasteiger partial charge in [-0.3, -0.25) is 9.10 Å². The number of nitrogens with zero attached hydrogens (tertiary/aromatic N) is 1. The number of amides is 1. The third kappa shape index (κ3) is 6.75. The van der Waals surface area contributed by atoms with Crippen LogP contribution in [0.5, 0.6) is 0 Å². The molecule has 7 heteroatoms. The minimum absolute atomic E-state index is 0.275. The van der Waals surface area contributed by atoms with Gasteiger partial charge in [0.2, 0.25) is 15.9 Å². The summed E-state index contributed by atoms with van der Waals surface area (Å²) in [5.74, 6) is 0.161. The standard InChI is InChI=1S/C22H29ClN2O3S/c1-16(2)19-12-10-18(11-13-19)7-6-14-24-22(26)15-25(29(4,27)28)21-9-5-8-20(23)17(21)3/h5,8-13,16H,6-7,14-15H2,1-4H3,(H,24,26). The Bertz CT molecular complexity index is 941. The molecule has 0 fully saturated rings. The average Bonchev–Trinajstić information content (AvgIpc) is 2.65. The predicted molar refractivity (Wildman–Crippen MR) is 120 cm³/mol. The maximum absolute atomic E-state index is 12.4. The van der Waals surface area contributed by atoms with Crippen molar-refractivity contribution in [3.63, 3.8) is 0 Å². The first kappa shape index (κ1) is 23.2. The zero-order chi connectivity index (χ0) is 21.6. The Morgan fingerprint density at radius 3 is 2.38 bits per heavy atom. The molecule has 0 radical (unpaired) electrons. The highest BCUT2D eigenvalue weighted by atomic mass is 35.5. The molecule has 5 nitrogen and oxygen atoms in total. The number of halogens is 1. The van der Waals surface area contributed by atoms with Crippen LogP contribution in [0.3, 0.4) is 0 Å². The minimum Gasteiger partial charge on any atom is -0.355 e. The molecule has 0 aliphatic carbocycles. The fraction of sp³-hybridized carbons (Fsp3) is 0.409. The average molecular weight is 437 g/mol. The van der Waals surface area contributed by atoms with Crippen LogP contribution in [0.15, 0.2) is 42.5 Å². The van der Waals surface area contributed by atoms with Crippen LogP contribution in [0.2, 0.25) is 5.02 Å². The summed E-state index contributed by atoms with van der Waals surface area (Å²) in [7, 11) is -3.62. The summed E-state index contributed by atoms with van der Waals surface area (Å²) in [6.07, 6.45) is 2.71. The van der Waals surface area contributed by atoms with Crippen molar-refractivity contribution in [2.24, 2.45) is 0 Å². The largest absolute Gasteiger partial charge is 0.355 e. The molecule has 2 aromatic rings. The number of hydrogen-bond acceptors (Lipinski definition) is 3. The van der Waals surface area contributed by atoms with Gasteiger partial charge < -0.3 is 5.32 Å². The van der Waals surface area contributed by atoms with Crippen molar-refractivity contribution in [2.75, 3.05) is 23.7 Å². The topological polar surface area (TPSA) is 66.5 Å². The van der Waals surface area contributed by atoms with Gasteiger partial charge in [0.1, 0.15) is 6.54 Å². The molecule has 2 aromatic carbocycles. The maximum atomic E-state index is 12.4. The van der Waals surface area contributed by atoms with Gasteiger partial charge in [0, 0.05) is 11.6 Å². The third-order valence-corrected chi connectivity index (χ3v) is 6.34. The van der Waals surface area contributed by atoms with Gasteiger partial charge in [-0.15, -0.1) is 0 Å². The Kier molecular flexibility index (Phi) is 8.11. The molecular weight excluding hydrogens is 408 g/mol. The monoisotopic (exact) mass is 436 g/mol. The van der Waals surface area contributed by atoms with Gasteiger partial charge in [-0.2, -0.15) is 0 Å². The number of nitrogens with one attached hydrogen (secondary N) is 1. The van der Waals surface area contributed by atoms with Gasteiger partial charge in [0.25, 0.3) is 0 Å². The normalized spacial score (nSPS) is 11.5. The zero-order valence-electron chi connectivity index (χ0n) is 17.4. The van der Waals surface area contributed by atoms with Crippen molar-refractivity contribution in [1.29, 1.82) is 0 Å². The quantitative estimate of drug-likeness (QED) is 0.596. The van der Waals surface area contributed by atoms with Crippen LogP contribution in [0, 0.1) is 6.92 Å². The van der Waals surface area contributed by atoms with E-state index >= 15 is 0 Å². The van der Waals surface area contributed by atoms with E-state index in [1.807, 2.05) is 0 Å². The van der Waals surface area contributed by atoms with E-state index in [0.29, 0.717) is 28.7 Å². The highest BCUT2D eigenvalue weighted by molar-refractivity contribution is 7.92. The Hall–Kier alpha value is -2.05. The molecule has 158 valence electrons. The highest BCUT2D eigenvalue weighted by Gasteiger charge is 2.22. The summed E-state index contributed by atoms with van der Waals surface area (Å²) in [5, 5.41) is 3.27. The summed E-state index contributed by atoms with van der Waals surface area (Å²) >= 11 is 6.11. The van der Waals surface area contributed by atoms with E-state index in [4.69, 9.17) is 11.6 Å². The Morgan fingerprint density at radius 2 is 1.79 bits per heavy atom. The molecule has 0 unspecified atom stereocenters. The number of anilines is 1. The SMILES string of the molecule is Cc1c(Cl)cccc1N(CC(=O)NCCCc1ccc(C(C)C)cc1)S(C)(=O)=O. The first-order valence-corrected chi connectivity index (χ1v) is 11.9.